The van der Waals surface area contributed by atoms with Gasteiger partial charge in [-0.25, -0.2) is 9.37 Å². The monoisotopic (exact) mass is 556 g/mol. The average Bonchev–Trinajstić information content (AvgIpc) is 3.04. The number of likely N-dealkylation sites (N-methyl/N-ethyl adjacent to an activating group) is 1. The molecule has 39 heavy (non-hydrogen) atoms. The second-order valence-electron chi connectivity index (χ2n) is 9.93. The topological polar surface area (TPSA) is 84.0 Å². The smallest absolute Gasteiger partial charge is 0.417 e. The Bertz CT molecular complexity index is 1260. The van der Waals surface area contributed by atoms with Crippen molar-refractivity contribution in [3.63, 3.8) is 0 Å². The fraction of sp³-hybridized carbons (Fsp3) is 0.500. The molecule has 1 aromatic carbocycles. The summed E-state index contributed by atoms with van der Waals surface area (Å²) in [6.07, 6.45) is -4.98. The van der Waals surface area contributed by atoms with E-state index in [1.165, 1.54) is 30.2 Å². The summed E-state index contributed by atoms with van der Waals surface area (Å²) >= 11 is 0. The first kappa shape index (κ1) is 28.7. The van der Waals surface area contributed by atoms with Crippen molar-refractivity contribution in [2.24, 2.45) is 5.92 Å². The van der Waals surface area contributed by atoms with Crippen LogP contribution in [0.3, 0.4) is 0 Å². The minimum absolute atomic E-state index is 0.133. The van der Waals surface area contributed by atoms with E-state index in [0.717, 1.165) is 26.2 Å². The molecule has 0 radical (unpaired) electrons. The number of ether oxygens (including phenoxy) is 2. The SMILES string of the molecule is COc1c([C@H]2[C@H](C(=O)Nc3ccnc(N4CCN(C)CCC4=O)c3)O[C@@](C)(C(F)(F)F)[C@H]2C)ccc(F)c1F. The highest BCUT2D eigenvalue weighted by molar-refractivity contribution is 5.97. The summed E-state index contributed by atoms with van der Waals surface area (Å²) in [5, 5.41) is 2.55. The zero-order valence-electron chi connectivity index (χ0n) is 21.8. The van der Waals surface area contributed by atoms with E-state index in [2.05, 4.69) is 10.3 Å². The van der Waals surface area contributed by atoms with Gasteiger partial charge < -0.3 is 19.7 Å². The van der Waals surface area contributed by atoms with Crippen LogP contribution in [-0.2, 0) is 14.3 Å². The van der Waals surface area contributed by atoms with Gasteiger partial charge >= 0.3 is 6.18 Å². The number of pyridine rings is 1. The number of carbonyl (C=O) groups excluding carboxylic acids is 2. The number of anilines is 2. The van der Waals surface area contributed by atoms with Crippen molar-refractivity contribution < 1.29 is 41.0 Å². The van der Waals surface area contributed by atoms with E-state index >= 15 is 0 Å². The van der Waals surface area contributed by atoms with Gasteiger partial charge in [0.1, 0.15) is 11.9 Å². The van der Waals surface area contributed by atoms with Gasteiger partial charge in [0.15, 0.2) is 17.2 Å². The van der Waals surface area contributed by atoms with Crippen LogP contribution in [0.25, 0.3) is 0 Å². The van der Waals surface area contributed by atoms with Crippen molar-refractivity contribution in [1.29, 1.82) is 0 Å². The van der Waals surface area contributed by atoms with E-state index in [1.807, 2.05) is 11.9 Å². The molecule has 0 unspecified atom stereocenters. The van der Waals surface area contributed by atoms with E-state index in [0.29, 0.717) is 19.6 Å². The molecule has 2 aliphatic heterocycles. The van der Waals surface area contributed by atoms with Gasteiger partial charge in [0, 0.05) is 61.4 Å². The number of benzene rings is 1. The highest BCUT2D eigenvalue weighted by Crippen LogP contribution is 2.55. The van der Waals surface area contributed by atoms with Crippen LogP contribution in [0.4, 0.5) is 33.5 Å². The van der Waals surface area contributed by atoms with Crippen molar-refractivity contribution in [1.82, 2.24) is 9.88 Å². The third-order valence-corrected chi connectivity index (χ3v) is 7.57. The van der Waals surface area contributed by atoms with Crippen LogP contribution in [0.1, 0.15) is 31.7 Å². The van der Waals surface area contributed by atoms with Crippen molar-refractivity contribution in [2.45, 2.75) is 44.1 Å². The molecule has 2 fully saturated rings. The Hall–Kier alpha value is -3.32. The number of amides is 2. The minimum atomic E-state index is -4.88. The van der Waals surface area contributed by atoms with Gasteiger partial charge in [-0.1, -0.05) is 13.0 Å². The number of aromatic nitrogens is 1. The number of alkyl halides is 3. The summed E-state index contributed by atoms with van der Waals surface area (Å²) in [5.74, 6) is -6.78. The molecule has 1 aromatic heterocycles. The maximum atomic E-state index is 14.5. The Morgan fingerprint density at radius 2 is 1.92 bits per heavy atom. The van der Waals surface area contributed by atoms with Crippen LogP contribution in [0.2, 0.25) is 0 Å². The van der Waals surface area contributed by atoms with Crippen LogP contribution in [0, 0.1) is 17.6 Å². The van der Waals surface area contributed by atoms with Crippen LogP contribution in [-0.4, -0.2) is 73.4 Å². The number of nitrogens with zero attached hydrogens (tertiary/aromatic N) is 3. The molecule has 212 valence electrons. The molecule has 2 saturated heterocycles. The molecule has 0 aliphatic carbocycles. The molecule has 3 heterocycles. The summed E-state index contributed by atoms with van der Waals surface area (Å²) in [6, 6.07) is 4.72. The van der Waals surface area contributed by atoms with Gasteiger partial charge in [0.05, 0.1) is 7.11 Å². The fourth-order valence-electron chi connectivity index (χ4n) is 5.07. The third kappa shape index (κ3) is 5.29. The lowest BCUT2D eigenvalue weighted by Crippen LogP contribution is -2.47. The van der Waals surface area contributed by atoms with E-state index in [9.17, 15) is 31.5 Å². The Labute approximate surface area is 222 Å². The molecule has 2 amide bonds. The predicted octanol–water partition coefficient (Wildman–Crippen LogP) is 4.12. The van der Waals surface area contributed by atoms with E-state index in [4.69, 9.17) is 9.47 Å². The molecule has 0 bridgehead atoms. The number of hydrogen-bond donors (Lipinski definition) is 1. The summed E-state index contributed by atoms with van der Waals surface area (Å²) in [6.45, 7) is 3.60. The van der Waals surface area contributed by atoms with Crippen LogP contribution in [0.15, 0.2) is 30.5 Å². The first-order valence-corrected chi connectivity index (χ1v) is 12.3. The Morgan fingerprint density at radius 1 is 1.21 bits per heavy atom. The molecular formula is C26H29F5N4O4. The second-order valence-corrected chi connectivity index (χ2v) is 9.93. The summed E-state index contributed by atoms with van der Waals surface area (Å²) in [4.78, 5) is 33.7. The van der Waals surface area contributed by atoms with Gasteiger partial charge in [-0.05, 0) is 26.1 Å². The molecule has 4 atom stereocenters. The molecule has 4 rings (SSSR count). The number of methoxy groups -OCH3 is 1. The number of carbonyl (C=O) groups is 2. The van der Waals surface area contributed by atoms with Crippen molar-refractivity contribution in [3.05, 3.63) is 47.7 Å². The molecule has 0 saturated carbocycles. The molecule has 13 heteroatoms. The zero-order chi connectivity index (χ0) is 28.7. The van der Waals surface area contributed by atoms with E-state index in [-0.39, 0.29) is 29.4 Å². The zero-order valence-corrected chi connectivity index (χ0v) is 21.8. The van der Waals surface area contributed by atoms with Gasteiger partial charge in [0.25, 0.3) is 5.91 Å². The van der Waals surface area contributed by atoms with Crippen LogP contribution >= 0.6 is 0 Å². The normalized spacial score (nSPS) is 26.4. The second kappa shape index (κ2) is 10.7. The van der Waals surface area contributed by atoms with Gasteiger partial charge in [-0.15, -0.1) is 0 Å². The highest BCUT2D eigenvalue weighted by atomic mass is 19.4. The number of hydrogen-bond acceptors (Lipinski definition) is 6. The lowest BCUT2D eigenvalue weighted by molar-refractivity contribution is -0.272. The first-order chi connectivity index (χ1) is 18.3. The van der Waals surface area contributed by atoms with Gasteiger partial charge in [-0.2, -0.15) is 17.6 Å². The summed E-state index contributed by atoms with van der Waals surface area (Å²) in [7, 11) is 2.94. The molecule has 0 spiro atoms. The van der Waals surface area contributed by atoms with E-state index < -0.39 is 53.0 Å². The number of rotatable bonds is 5. The van der Waals surface area contributed by atoms with Gasteiger partial charge in [-0.3, -0.25) is 14.5 Å². The van der Waals surface area contributed by atoms with Gasteiger partial charge in [0.2, 0.25) is 11.7 Å². The standard InChI is InChI=1S/C26H29F5N4O4/c1-14-20(16-5-6-17(27)21(28)22(16)38-4)23(39-25(14,2)26(29,30)31)24(37)33-15-7-9-32-18(13-15)35-12-11-34(3)10-8-19(35)36/h5-7,9,13-14,20,23H,8,10-12H2,1-4H3,(H,32,33,37)/t14-,20-,23+,25+/m0/s1. The lowest BCUT2D eigenvalue weighted by Gasteiger charge is -2.32. The fourth-order valence-corrected chi connectivity index (χ4v) is 5.07. The largest absolute Gasteiger partial charge is 0.493 e. The minimum Gasteiger partial charge on any atom is -0.493 e. The van der Waals surface area contributed by atoms with Crippen molar-refractivity contribution in [2.75, 3.05) is 44.0 Å². The molecule has 2 aromatic rings. The quantitative estimate of drug-likeness (QED) is 0.559. The Kier molecular flexibility index (Phi) is 7.86. The lowest BCUT2D eigenvalue weighted by atomic mass is 9.77. The predicted molar refractivity (Wildman–Crippen MR) is 131 cm³/mol. The molecule has 8 nitrogen and oxygen atoms in total. The van der Waals surface area contributed by atoms with Crippen molar-refractivity contribution in [3.8, 4) is 5.75 Å². The van der Waals surface area contributed by atoms with Crippen LogP contribution in [0.5, 0.6) is 5.75 Å². The Morgan fingerprint density at radius 3 is 2.59 bits per heavy atom. The highest BCUT2D eigenvalue weighted by Gasteiger charge is 2.66. The first-order valence-electron chi connectivity index (χ1n) is 12.3. The molecule has 2 aliphatic rings. The summed E-state index contributed by atoms with van der Waals surface area (Å²) in [5.41, 5.74) is -2.74. The number of nitrogens with one attached hydrogen (secondary N) is 1. The van der Waals surface area contributed by atoms with E-state index in [1.54, 1.807) is 0 Å². The molecule has 1 N–H and O–H groups in total. The maximum absolute atomic E-state index is 14.5. The van der Waals surface area contributed by atoms with Crippen LogP contribution < -0.4 is 15.0 Å². The molecular weight excluding hydrogens is 527 g/mol. The Balaban J connectivity index is 1.68. The average molecular weight is 557 g/mol. The number of halogens is 5. The van der Waals surface area contributed by atoms with Crippen molar-refractivity contribution >= 4 is 23.3 Å². The summed E-state index contributed by atoms with van der Waals surface area (Å²) < 4.78 is 81.3. The third-order valence-electron chi connectivity index (χ3n) is 7.57. The maximum Gasteiger partial charge on any atom is 0.417 e.